The van der Waals surface area contributed by atoms with Crippen molar-refractivity contribution in [2.24, 2.45) is 5.73 Å². The highest BCUT2D eigenvalue weighted by molar-refractivity contribution is 7.89. The van der Waals surface area contributed by atoms with Crippen molar-refractivity contribution in [3.8, 4) is 0 Å². The first-order chi connectivity index (χ1) is 9.62. The molecule has 0 radical (unpaired) electrons. The Labute approximate surface area is 133 Å². The Morgan fingerprint density at radius 1 is 1.32 bits per heavy atom. The van der Waals surface area contributed by atoms with E-state index in [0.29, 0.717) is 18.9 Å². The molecule has 4 nitrogen and oxygen atoms in total. The van der Waals surface area contributed by atoms with Gasteiger partial charge in [-0.3, -0.25) is 0 Å². The summed E-state index contributed by atoms with van der Waals surface area (Å²) in [4.78, 5) is -0.338. The third-order valence-electron chi connectivity index (χ3n) is 3.57. The van der Waals surface area contributed by atoms with Gasteiger partial charge in [-0.1, -0.05) is 6.07 Å². The van der Waals surface area contributed by atoms with Crippen LogP contribution in [0, 0.1) is 6.92 Å². The first kappa shape index (κ1) is 19.2. The lowest BCUT2D eigenvalue weighted by molar-refractivity contribution is -0.138. The maximum atomic E-state index is 12.9. The van der Waals surface area contributed by atoms with E-state index >= 15 is 0 Å². The van der Waals surface area contributed by atoms with Crippen LogP contribution in [0.1, 0.15) is 24.0 Å². The van der Waals surface area contributed by atoms with Crippen molar-refractivity contribution in [1.82, 2.24) is 4.31 Å². The van der Waals surface area contributed by atoms with E-state index in [2.05, 4.69) is 0 Å². The molecule has 1 aliphatic heterocycles. The average molecular weight is 359 g/mol. The van der Waals surface area contributed by atoms with E-state index in [1.54, 1.807) is 0 Å². The van der Waals surface area contributed by atoms with E-state index in [4.69, 9.17) is 5.73 Å². The van der Waals surface area contributed by atoms with Crippen molar-refractivity contribution in [1.29, 1.82) is 0 Å². The van der Waals surface area contributed by atoms with E-state index in [0.717, 1.165) is 4.31 Å². The fourth-order valence-electron chi connectivity index (χ4n) is 2.41. The molecular weight excluding hydrogens is 341 g/mol. The summed E-state index contributed by atoms with van der Waals surface area (Å²) < 4.78 is 64.7. The molecule has 0 bridgehead atoms. The number of benzene rings is 1. The molecule has 1 saturated heterocycles. The Hall–Kier alpha value is -0.830. The highest BCUT2D eigenvalue weighted by atomic mass is 35.5. The molecule has 1 aromatic carbocycles. The summed E-state index contributed by atoms with van der Waals surface area (Å²) in [6, 6.07) is 2.81. The minimum absolute atomic E-state index is 0. The summed E-state index contributed by atoms with van der Waals surface area (Å²) in [6.07, 6.45) is -3.25. The van der Waals surface area contributed by atoms with Gasteiger partial charge in [-0.15, -0.1) is 12.4 Å². The van der Waals surface area contributed by atoms with Crippen LogP contribution in [0.5, 0.6) is 0 Å². The topological polar surface area (TPSA) is 63.4 Å². The lowest BCUT2D eigenvalue weighted by atomic mass is 10.1. The maximum Gasteiger partial charge on any atom is 0.416 e. The third kappa shape index (κ3) is 3.92. The number of nitrogens with two attached hydrogens (primary N) is 1. The van der Waals surface area contributed by atoms with Crippen LogP contribution in [0.3, 0.4) is 0 Å². The predicted octanol–water partition coefficient (Wildman–Crippen LogP) is 2.55. The molecule has 1 aliphatic rings. The van der Waals surface area contributed by atoms with Gasteiger partial charge >= 0.3 is 6.18 Å². The maximum absolute atomic E-state index is 12.9. The quantitative estimate of drug-likeness (QED) is 0.883. The second kappa shape index (κ2) is 6.74. The molecule has 0 aliphatic carbocycles. The number of hydrogen-bond donors (Lipinski definition) is 1. The van der Waals surface area contributed by atoms with Gasteiger partial charge in [0.25, 0.3) is 0 Å². The predicted molar refractivity (Wildman–Crippen MR) is 79.4 cm³/mol. The van der Waals surface area contributed by atoms with Crippen molar-refractivity contribution in [2.45, 2.75) is 36.9 Å². The summed E-state index contributed by atoms with van der Waals surface area (Å²) in [5.41, 5.74) is 4.81. The normalized spacial score (nSPS) is 20.5. The molecule has 2 N–H and O–H groups in total. The van der Waals surface area contributed by atoms with Crippen molar-refractivity contribution in [3.05, 3.63) is 29.3 Å². The third-order valence-corrected chi connectivity index (χ3v) is 5.43. The average Bonchev–Trinajstić information content (AvgIpc) is 2.37. The summed E-state index contributed by atoms with van der Waals surface area (Å²) in [6.45, 7) is 1.72. The zero-order valence-electron chi connectivity index (χ0n) is 11.9. The molecule has 1 heterocycles. The Bertz CT molecular complexity index is 635. The monoisotopic (exact) mass is 358 g/mol. The van der Waals surface area contributed by atoms with Crippen LogP contribution in [0.4, 0.5) is 13.2 Å². The summed E-state index contributed by atoms with van der Waals surface area (Å²) in [5.74, 6) is 0. The SMILES string of the molecule is Cc1ccc(S(=O)(=O)N2CCCC(N)C2)cc1C(F)(F)F.Cl. The van der Waals surface area contributed by atoms with Crippen molar-refractivity contribution in [2.75, 3.05) is 13.1 Å². The molecule has 1 atom stereocenters. The van der Waals surface area contributed by atoms with Gasteiger partial charge in [0, 0.05) is 19.1 Å². The van der Waals surface area contributed by atoms with E-state index in [-0.39, 0.29) is 42.0 Å². The van der Waals surface area contributed by atoms with Crippen LogP contribution in [0.25, 0.3) is 0 Å². The van der Waals surface area contributed by atoms with Gasteiger partial charge < -0.3 is 5.73 Å². The molecule has 9 heteroatoms. The molecule has 22 heavy (non-hydrogen) atoms. The van der Waals surface area contributed by atoms with Crippen LogP contribution in [-0.2, 0) is 16.2 Å². The molecule has 0 saturated carbocycles. The fraction of sp³-hybridized carbons (Fsp3) is 0.538. The van der Waals surface area contributed by atoms with Gasteiger partial charge in [0.05, 0.1) is 10.5 Å². The van der Waals surface area contributed by atoms with Crippen molar-refractivity contribution >= 4 is 22.4 Å². The zero-order valence-corrected chi connectivity index (χ0v) is 13.6. The smallest absolute Gasteiger partial charge is 0.327 e. The number of aryl methyl sites for hydroxylation is 1. The minimum atomic E-state index is -4.58. The van der Waals surface area contributed by atoms with Gasteiger partial charge in [-0.2, -0.15) is 17.5 Å². The molecule has 0 aromatic heterocycles. The molecule has 1 fully saturated rings. The van der Waals surface area contributed by atoms with E-state index in [9.17, 15) is 21.6 Å². The van der Waals surface area contributed by atoms with E-state index in [1.807, 2.05) is 0 Å². The summed E-state index contributed by atoms with van der Waals surface area (Å²) >= 11 is 0. The second-order valence-corrected chi connectivity index (χ2v) is 7.18. The van der Waals surface area contributed by atoms with Gasteiger partial charge in [-0.25, -0.2) is 8.42 Å². The zero-order chi connectivity index (χ0) is 15.8. The molecule has 126 valence electrons. The van der Waals surface area contributed by atoms with Gasteiger partial charge in [0.2, 0.25) is 10.0 Å². The molecule has 2 rings (SSSR count). The summed E-state index contributed by atoms with van der Waals surface area (Å²) in [5, 5.41) is 0. The van der Waals surface area contributed by atoms with Crippen molar-refractivity contribution in [3.63, 3.8) is 0 Å². The second-order valence-electron chi connectivity index (χ2n) is 5.24. The highest BCUT2D eigenvalue weighted by Gasteiger charge is 2.35. The van der Waals surface area contributed by atoms with Gasteiger partial charge in [0.15, 0.2) is 0 Å². The lowest BCUT2D eigenvalue weighted by Gasteiger charge is -2.30. The number of rotatable bonds is 2. The van der Waals surface area contributed by atoms with E-state index in [1.165, 1.54) is 19.1 Å². The summed E-state index contributed by atoms with van der Waals surface area (Å²) in [7, 11) is -3.94. The molecule has 0 spiro atoms. The Morgan fingerprint density at radius 2 is 1.95 bits per heavy atom. The highest BCUT2D eigenvalue weighted by Crippen LogP contribution is 2.34. The fourth-order valence-corrected chi connectivity index (χ4v) is 3.97. The van der Waals surface area contributed by atoms with Crippen LogP contribution < -0.4 is 5.73 Å². The van der Waals surface area contributed by atoms with Crippen LogP contribution in [0.2, 0.25) is 0 Å². The van der Waals surface area contributed by atoms with Gasteiger partial charge in [0.1, 0.15) is 0 Å². The van der Waals surface area contributed by atoms with Crippen LogP contribution >= 0.6 is 12.4 Å². The minimum Gasteiger partial charge on any atom is -0.327 e. The van der Waals surface area contributed by atoms with E-state index < -0.39 is 21.8 Å². The first-order valence-electron chi connectivity index (χ1n) is 6.56. The van der Waals surface area contributed by atoms with Gasteiger partial charge in [-0.05, 0) is 37.5 Å². The Balaban J connectivity index is 0.00000242. The standard InChI is InChI=1S/C13H17F3N2O2S.ClH/c1-9-4-5-11(7-12(9)13(14,15)16)21(19,20)18-6-2-3-10(17)8-18;/h4-5,7,10H,2-3,6,8,17H2,1H3;1H. The number of piperidine rings is 1. The lowest BCUT2D eigenvalue weighted by Crippen LogP contribution is -2.45. The number of hydrogen-bond acceptors (Lipinski definition) is 3. The Morgan fingerprint density at radius 3 is 2.50 bits per heavy atom. The van der Waals surface area contributed by atoms with Crippen LogP contribution in [0.15, 0.2) is 23.1 Å². The Kier molecular flexibility index (Phi) is 5.88. The largest absolute Gasteiger partial charge is 0.416 e. The molecule has 1 unspecified atom stereocenters. The number of alkyl halides is 3. The van der Waals surface area contributed by atoms with Crippen molar-refractivity contribution < 1.29 is 21.6 Å². The first-order valence-corrected chi connectivity index (χ1v) is 8.00. The number of halogens is 4. The number of sulfonamides is 1. The van der Waals surface area contributed by atoms with Crippen LogP contribution in [-0.4, -0.2) is 31.9 Å². The molecule has 1 aromatic rings. The molecular formula is C13H18ClF3N2O2S. The number of nitrogens with zero attached hydrogens (tertiary/aromatic N) is 1. The molecule has 0 amide bonds.